The van der Waals surface area contributed by atoms with Gasteiger partial charge in [-0.1, -0.05) is 12.1 Å². The predicted octanol–water partition coefficient (Wildman–Crippen LogP) is 6.18. The van der Waals surface area contributed by atoms with Crippen molar-refractivity contribution in [2.24, 2.45) is 0 Å². The zero-order valence-electron chi connectivity index (χ0n) is 20.9. The number of para-hydroxylation sites is 1. The number of carbonyl (C=O) groups is 3. The number of furan rings is 2. The third-order valence-electron chi connectivity index (χ3n) is 5.99. The van der Waals surface area contributed by atoms with Crippen molar-refractivity contribution < 1.29 is 32.7 Å². The van der Waals surface area contributed by atoms with Gasteiger partial charge in [0.25, 0.3) is 11.8 Å². The molecule has 3 aromatic carbocycles. The molecule has 9 heteroatoms. The van der Waals surface area contributed by atoms with Crippen molar-refractivity contribution in [3.05, 3.63) is 89.4 Å². The predicted molar refractivity (Wildman–Crippen MR) is 142 cm³/mol. The van der Waals surface area contributed by atoms with Crippen LogP contribution in [0.15, 0.2) is 75.6 Å². The number of hydrogen-bond acceptors (Lipinski definition) is 7. The molecule has 5 aromatic rings. The van der Waals surface area contributed by atoms with Crippen molar-refractivity contribution in [2.75, 3.05) is 24.4 Å². The minimum Gasteiger partial charge on any atom is -0.497 e. The third kappa shape index (κ3) is 4.57. The van der Waals surface area contributed by atoms with E-state index in [1.54, 1.807) is 87.7 Å². The number of methoxy groups -OCH3 is 1. The molecule has 2 N–H and O–H groups in total. The number of nitrogens with one attached hydrogen (secondary N) is 2. The van der Waals surface area contributed by atoms with Gasteiger partial charge in [-0.25, -0.2) is 4.79 Å². The number of esters is 1. The van der Waals surface area contributed by atoms with Gasteiger partial charge in [0, 0.05) is 16.5 Å². The molecule has 0 atom stereocenters. The van der Waals surface area contributed by atoms with E-state index >= 15 is 0 Å². The summed E-state index contributed by atoms with van der Waals surface area (Å²) in [6.45, 7) is 3.69. The fourth-order valence-electron chi connectivity index (χ4n) is 4.21. The number of benzene rings is 3. The molecule has 2 heterocycles. The van der Waals surface area contributed by atoms with Gasteiger partial charge in [0.15, 0.2) is 0 Å². The normalized spacial score (nSPS) is 10.9. The van der Waals surface area contributed by atoms with Crippen LogP contribution in [0.3, 0.4) is 0 Å². The van der Waals surface area contributed by atoms with Gasteiger partial charge >= 0.3 is 5.97 Å². The molecular weight excluding hydrogens is 488 g/mol. The first-order chi connectivity index (χ1) is 18.4. The second-order valence-electron chi connectivity index (χ2n) is 8.40. The summed E-state index contributed by atoms with van der Waals surface area (Å²) in [5, 5.41) is 6.75. The van der Waals surface area contributed by atoms with Crippen LogP contribution in [0.25, 0.3) is 21.9 Å². The number of aryl methyl sites for hydroxylation is 1. The number of fused-ring (bicyclic) bond motifs is 2. The van der Waals surface area contributed by atoms with Crippen LogP contribution in [0.1, 0.15) is 44.0 Å². The molecule has 0 aliphatic heterocycles. The lowest BCUT2D eigenvalue weighted by molar-refractivity contribution is 0.0526. The topological polar surface area (TPSA) is 120 Å². The highest BCUT2D eigenvalue weighted by atomic mass is 16.5. The number of anilines is 2. The summed E-state index contributed by atoms with van der Waals surface area (Å²) in [5.41, 5.74) is 2.31. The van der Waals surface area contributed by atoms with Crippen molar-refractivity contribution in [3.63, 3.8) is 0 Å². The summed E-state index contributed by atoms with van der Waals surface area (Å²) < 4.78 is 21.9. The molecule has 0 saturated carbocycles. The minimum absolute atomic E-state index is 0.0722. The number of carbonyl (C=O) groups excluding carboxylic acids is 3. The van der Waals surface area contributed by atoms with E-state index < -0.39 is 17.8 Å². The second-order valence-corrected chi connectivity index (χ2v) is 8.40. The Kier molecular flexibility index (Phi) is 6.57. The molecule has 5 rings (SSSR count). The van der Waals surface area contributed by atoms with E-state index in [9.17, 15) is 14.4 Å². The summed E-state index contributed by atoms with van der Waals surface area (Å²) in [6.07, 6.45) is 0. The summed E-state index contributed by atoms with van der Waals surface area (Å²) in [7, 11) is 1.54. The van der Waals surface area contributed by atoms with E-state index in [4.69, 9.17) is 18.3 Å². The Morgan fingerprint density at radius 2 is 1.58 bits per heavy atom. The van der Waals surface area contributed by atoms with Gasteiger partial charge in [-0.15, -0.1) is 0 Å². The van der Waals surface area contributed by atoms with Crippen LogP contribution in [-0.2, 0) is 4.74 Å². The average Bonchev–Trinajstić information content (AvgIpc) is 3.45. The summed E-state index contributed by atoms with van der Waals surface area (Å²) in [6, 6.07) is 18.5. The maximum absolute atomic E-state index is 13.5. The zero-order valence-corrected chi connectivity index (χ0v) is 20.9. The lowest BCUT2D eigenvalue weighted by Crippen LogP contribution is -2.17. The van der Waals surface area contributed by atoms with E-state index in [1.165, 1.54) is 0 Å². The van der Waals surface area contributed by atoms with E-state index in [0.717, 1.165) is 0 Å². The zero-order chi connectivity index (χ0) is 26.8. The molecule has 2 aromatic heterocycles. The van der Waals surface area contributed by atoms with Crippen LogP contribution in [0, 0.1) is 6.92 Å². The van der Waals surface area contributed by atoms with E-state index in [-0.39, 0.29) is 18.1 Å². The monoisotopic (exact) mass is 512 g/mol. The second kappa shape index (κ2) is 10.1. The van der Waals surface area contributed by atoms with Crippen molar-refractivity contribution in [1.82, 2.24) is 0 Å². The van der Waals surface area contributed by atoms with Crippen molar-refractivity contribution in [2.45, 2.75) is 13.8 Å². The number of rotatable bonds is 7. The Hall–Kier alpha value is -5.05. The van der Waals surface area contributed by atoms with Crippen molar-refractivity contribution in [3.8, 4) is 5.75 Å². The van der Waals surface area contributed by atoms with Crippen molar-refractivity contribution >= 4 is 51.1 Å². The Morgan fingerprint density at radius 3 is 2.32 bits per heavy atom. The highest BCUT2D eigenvalue weighted by Gasteiger charge is 2.26. The SMILES string of the molecule is CCOC(=O)c1ccc(NC(=O)c2oc3ccccc3c2NC(=O)c2c(C)oc3ccc(OC)cc23)cc1. The molecule has 0 radical (unpaired) electrons. The summed E-state index contributed by atoms with van der Waals surface area (Å²) in [4.78, 5) is 38.7. The van der Waals surface area contributed by atoms with Crippen LogP contribution in [0.2, 0.25) is 0 Å². The lowest BCUT2D eigenvalue weighted by atomic mass is 10.1. The van der Waals surface area contributed by atoms with Gasteiger partial charge in [-0.3, -0.25) is 9.59 Å². The largest absolute Gasteiger partial charge is 0.497 e. The van der Waals surface area contributed by atoms with E-state index in [0.29, 0.717) is 50.3 Å². The highest BCUT2D eigenvalue weighted by Crippen LogP contribution is 2.34. The molecular formula is C29H24N2O7. The standard InChI is InChI=1S/C29H24N2O7/c1-4-36-29(34)17-9-11-18(12-10-17)30-28(33)26-25(20-7-5-6-8-22(20)38-26)31-27(32)24-16(2)37-23-14-13-19(35-3)15-21(23)24/h5-15H,4H2,1-3H3,(H,30,33)(H,31,32). The number of amides is 2. The highest BCUT2D eigenvalue weighted by molar-refractivity contribution is 6.19. The molecule has 0 unspecified atom stereocenters. The Labute approximate surface area is 217 Å². The maximum Gasteiger partial charge on any atom is 0.338 e. The van der Waals surface area contributed by atoms with Gasteiger partial charge in [0.2, 0.25) is 5.76 Å². The van der Waals surface area contributed by atoms with Gasteiger partial charge in [0.1, 0.15) is 28.4 Å². The van der Waals surface area contributed by atoms with Crippen LogP contribution in [0.4, 0.5) is 11.4 Å². The van der Waals surface area contributed by atoms with Gasteiger partial charge in [-0.2, -0.15) is 0 Å². The van der Waals surface area contributed by atoms with Crippen LogP contribution >= 0.6 is 0 Å². The van der Waals surface area contributed by atoms with Crippen molar-refractivity contribution in [1.29, 1.82) is 0 Å². The summed E-state index contributed by atoms with van der Waals surface area (Å²) >= 11 is 0. The first-order valence-corrected chi connectivity index (χ1v) is 11.9. The number of ether oxygens (including phenoxy) is 2. The first-order valence-electron chi connectivity index (χ1n) is 11.9. The molecule has 0 saturated heterocycles. The number of hydrogen-bond donors (Lipinski definition) is 2. The van der Waals surface area contributed by atoms with Gasteiger partial charge in [-0.05, 0) is 68.4 Å². The molecule has 0 aliphatic carbocycles. The van der Waals surface area contributed by atoms with Crippen LogP contribution < -0.4 is 15.4 Å². The Morgan fingerprint density at radius 1 is 0.842 bits per heavy atom. The molecule has 192 valence electrons. The molecule has 0 aliphatic rings. The molecule has 0 bridgehead atoms. The average molecular weight is 513 g/mol. The van der Waals surface area contributed by atoms with E-state index in [1.807, 2.05) is 0 Å². The van der Waals surface area contributed by atoms with Crippen LogP contribution in [-0.4, -0.2) is 31.5 Å². The molecule has 0 spiro atoms. The molecule has 2 amide bonds. The van der Waals surface area contributed by atoms with E-state index in [2.05, 4.69) is 10.6 Å². The Balaban J connectivity index is 1.47. The van der Waals surface area contributed by atoms with Gasteiger partial charge < -0.3 is 28.9 Å². The third-order valence-corrected chi connectivity index (χ3v) is 5.99. The van der Waals surface area contributed by atoms with Gasteiger partial charge in [0.05, 0.1) is 24.8 Å². The van der Waals surface area contributed by atoms with Crippen LogP contribution in [0.5, 0.6) is 5.75 Å². The first kappa shape index (κ1) is 24.6. The lowest BCUT2D eigenvalue weighted by Gasteiger charge is -2.08. The molecule has 0 fully saturated rings. The quantitative estimate of drug-likeness (QED) is 0.250. The minimum atomic E-state index is -0.573. The fraction of sp³-hybridized carbons (Fsp3) is 0.138. The summed E-state index contributed by atoms with van der Waals surface area (Å²) in [5.74, 6) is -0.560. The molecule has 38 heavy (non-hydrogen) atoms. The fourth-order valence-corrected chi connectivity index (χ4v) is 4.21. The maximum atomic E-state index is 13.5. The smallest absolute Gasteiger partial charge is 0.338 e. The Bertz CT molecular complexity index is 1680. The molecule has 9 nitrogen and oxygen atoms in total.